The van der Waals surface area contributed by atoms with Gasteiger partial charge in [-0.15, -0.1) is 0 Å². The lowest BCUT2D eigenvalue weighted by molar-refractivity contribution is -0.121. The van der Waals surface area contributed by atoms with E-state index in [9.17, 15) is 14.7 Å². The molecule has 0 spiro atoms. The van der Waals surface area contributed by atoms with Crippen molar-refractivity contribution >= 4 is 11.8 Å². The van der Waals surface area contributed by atoms with Gasteiger partial charge in [0, 0.05) is 12.1 Å². The van der Waals surface area contributed by atoms with Crippen LogP contribution in [-0.4, -0.2) is 35.6 Å². The Morgan fingerprint density at radius 3 is 2.43 bits per heavy atom. The quantitative estimate of drug-likeness (QED) is 0.710. The molecule has 0 aliphatic rings. The third-order valence-corrected chi connectivity index (χ3v) is 3.62. The molecule has 0 atom stereocenters. The predicted molar refractivity (Wildman–Crippen MR) is 82.1 cm³/mol. The van der Waals surface area contributed by atoms with Crippen LogP contribution in [0.25, 0.3) is 0 Å². The first-order valence-corrected chi connectivity index (χ1v) is 7.24. The highest BCUT2D eigenvalue weighted by Crippen LogP contribution is 2.12. The number of amides is 2. The van der Waals surface area contributed by atoms with Crippen LogP contribution in [0, 0.1) is 6.92 Å². The van der Waals surface area contributed by atoms with Gasteiger partial charge in [-0.3, -0.25) is 9.59 Å². The highest BCUT2D eigenvalue weighted by atomic mass is 16.3. The average Bonchev–Trinajstić information content (AvgIpc) is 2.50. The van der Waals surface area contributed by atoms with Gasteiger partial charge in [0.2, 0.25) is 5.91 Å². The third kappa shape index (κ3) is 5.55. The van der Waals surface area contributed by atoms with Crippen molar-refractivity contribution in [3.63, 3.8) is 0 Å². The molecule has 1 rings (SSSR count). The molecule has 3 N–H and O–H groups in total. The maximum absolute atomic E-state index is 11.9. The minimum atomic E-state index is -0.879. The Kier molecular flexibility index (Phi) is 6.37. The average molecular weight is 292 g/mol. The third-order valence-electron chi connectivity index (χ3n) is 3.62. The van der Waals surface area contributed by atoms with E-state index in [4.69, 9.17) is 0 Å². The SMILES string of the molecule is CCC(O)(CC)CNC(=O)CNC(=O)c1cccc(C)c1. The van der Waals surface area contributed by atoms with E-state index in [0.717, 1.165) is 5.56 Å². The first-order chi connectivity index (χ1) is 9.90. The van der Waals surface area contributed by atoms with Crippen LogP contribution in [0.5, 0.6) is 0 Å². The number of benzene rings is 1. The molecule has 0 aliphatic heterocycles. The highest BCUT2D eigenvalue weighted by Gasteiger charge is 2.22. The fourth-order valence-corrected chi connectivity index (χ4v) is 1.87. The number of hydrogen-bond acceptors (Lipinski definition) is 3. The summed E-state index contributed by atoms with van der Waals surface area (Å²) < 4.78 is 0. The molecule has 0 radical (unpaired) electrons. The first kappa shape index (κ1) is 17.2. The van der Waals surface area contributed by atoms with Crippen LogP contribution in [0.2, 0.25) is 0 Å². The molecule has 0 saturated heterocycles. The fourth-order valence-electron chi connectivity index (χ4n) is 1.87. The summed E-state index contributed by atoms with van der Waals surface area (Å²) in [6.07, 6.45) is 1.14. The number of rotatable bonds is 7. The van der Waals surface area contributed by atoms with Crippen molar-refractivity contribution in [2.24, 2.45) is 0 Å². The van der Waals surface area contributed by atoms with Gasteiger partial charge in [0.1, 0.15) is 0 Å². The topological polar surface area (TPSA) is 78.4 Å². The largest absolute Gasteiger partial charge is 0.388 e. The van der Waals surface area contributed by atoms with Crippen LogP contribution in [0.4, 0.5) is 0 Å². The van der Waals surface area contributed by atoms with E-state index in [2.05, 4.69) is 10.6 Å². The van der Waals surface area contributed by atoms with Crippen molar-refractivity contribution in [2.45, 2.75) is 39.2 Å². The maximum atomic E-state index is 11.9. The van der Waals surface area contributed by atoms with Crippen molar-refractivity contribution in [2.75, 3.05) is 13.1 Å². The molecule has 5 heteroatoms. The van der Waals surface area contributed by atoms with E-state index in [1.807, 2.05) is 26.8 Å². The lowest BCUT2D eigenvalue weighted by Crippen LogP contribution is -2.45. The summed E-state index contributed by atoms with van der Waals surface area (Å²) in [6, 6.07) is 7.17. The van der Waals surface area contributed by atoms with Crippen molar-refractivity contribution < 1.29 is 14.7 Å². The second-order valence-electron chi connectivity index (χ2n) is 5.26. The molecule has 1 aromatic rings. The Labute approximate surface area is 125 Å². The van der Waals surface area contributed by atoms with Gasteiger partial charge in [-0.25, -0.2) is 0 Å². The summed E-state index contributed by atoms with van der Waals surface area (Å²) in [5.74, 6) is -0.591. The second kappa shape index (κ2) is 7.78. The normalized spacial score (nSPS) is 11.0. The molecular formula is C16H24N2O3. The lowest BCUT2D eigenvalue weighted by atomic mass is 9.98. The highest BCUT2D eigenvalue weighted by molar-refractivity contribution is 5.96. The molecule has 21 heavy (non-hydrogen) atoms. The van der Waals surface area contributed by atoms with Gasteiger partial charge in [0.25, 0.3) is 5.91 Å². The predicted octanol–water partition coefficient (Wildman–Crippen LogP) is 1.39. The lowest BCUT2D eigenvalue weighted by Gasteiger charge is -2.25. The van der Waals surface area contributed by atoms with E-state index < -0.39 is 5.60 Å². The molecule has 0 aliphatic carbocycles. The number of aliphatic hydroxyl groups is 1. The van der Waals surface area contributed by atoms with Gasteiger partial charge < -0.3 is 15.7 Å². The van der Waals surface area contributed by atoms with E-state index in [1.165, 1.54) is 0 Å². The monoisotopic (exact) mass is 292 g/mol. The summed E-state index contributed by atoms with van der Waals surface area (Å²) in [6.45, 7) is 5.74. The molecule has 2 amide bonds. The number of aryl methyl sites for hydroxylation is 1. The molecule has 0 fully saturated rings. The molecule has 0 heterocycles. The Morgan fingerprint density at radius 1 is 1.19 bits per heavy atom. The summed E-state index contributed by atoms with van der Waals surface area (Å²) in [5, 5.41) is 15.3. The minimum absolute atomic E-state index is 0.101. The van der Waals surface area contributed by atoms with E-state index in [-0.39, 0.29) is 24.9 Å². The number of nitrogens with one attached hydrogen (secondary N) is 2. The molecule has 1 aromatic carbocycles. The molecule has 0 aromatic heterocycles. The Hall–Kier alpha value is -1.88. The molecule has 0 bridgehead atoms. The van der Waals surface area contributed by atoms with E-state index in [1.54, 1.807) is 18.2 Å². The van der Waals surface area contributed by atoms with Crippen molar-refractivity contribution in [1.82, 2.24) is 10.6 Å². The zero-order valence-electron chi connectivity index (χ0n) is 12.9. The van der Waals surface area contributed by atoms with Crippen LogP contribution < -0.4 is 10.6 Å². The standard InChI is InChI=1S/C16H24N2O3/c1-4-16(21,5-2)11-18-14(19)10-17-15(20)13-8-6-7-12(3)9-13/h6-9,21H,4-5,10-11H2,1-3H3,(H,17,20)(H,18,19). The van der Waals surface area contributed by atoms with Gasteiger partial charge in [-0.2, -0.15) is 0 Å². The maximum Gasteiger partial charge on any atom is 0.251 e. The van der Waals surface area contributed by atoms with Crippen LogP contribution in [-0.2, 0) is 4.79 Å². The summed E-state index contributed by atoms with van der Waals surface area (Å²) in [5.41, 5.74) is 0.639. The zero-order valence-corrected chi connectivity index (χ0v) is 12.9. The summed E-state index contributed by atoms with van der Waals surface area (Å²) >= 11 is 0. The minimum Gasteiger partial charge on any atom is -0.388 e. The molecular weight excluding hydrogens is 268 g/mol. The second-order valence-corrected chi connectivity index (χ2v) is 5.26. The first-order valence-electron chi connectivity index (χ1n) is 7.24. The number of carbonyl (C=O) groups excluding carboxylic acids is 2. The number of carbonyl (C=O) groups is 2. The van der Waals surface area contributed by atoms with Gasteiger partial charge in [-0.05, 0) is 31.9 Å². The Balaban J connectivity index is 2.41. The Morgan fingerprint density at radius 2 is 1.86 bits per heavy atom. The van der Waals surface area contributed by atoms with E-state index >= 15 is 0 Å². The van der Waals surface area contributed by atoms with E-state index in [0.29, 0.717) is 18.4 Å². The fraction of sp³-hybridized carbons (Fsp3) is 0.500. The van der Waals surface area contributed by atoms with Gasteiger partial charge in [0.15, 0.2) is 0 Å². The van der Waals surface area contributed by atoms with Gasteiger partial charge in [-0.1, -0.05) is 31.5 Å². The molecule has 0 unspecified atom stereocenters. The molecule has 116 valence electrons. The van der Waals surface area contributed by atoms with Gasteiger partial charge in [0.05, 0.1) is 12.1 Å². The van der Waals surface area contributed by atoms with Crippen molar-refractivity contribution in [1.29, 1.82) is 0 Å². The summed E-state index contributed by atoms with van der Waals surface area (Å²) in [4.78, 5) is 23.6. The van der Waals surface area contributed by atoms with Crippen LogP contribution in [0.3, 0.4) is 0 Å². The summed E-state index contributed by atoms with van der Waals surface area (Å²) in [7, 11) is 0. The zero-order chi connectivity index (χ0) is 15.9. The molecule has 5 nitrogen and oxygen atoms in total. The van der Waals surface area contributed by atoms with Crippen molar-refractivity contribution in [3.05, 3.63) is 35.4 Å². The van der Waals surface area contributed by atoms with Crippen molar-refractivity contribution in [3.8, 4) is 0 Å². The Bertz CT molecular complexity index is 496. The van der Waals surface area contributed by atoms with Crippen LogP contribution in [0.15, 0.2) is 24.3 Å². The molecule has 0 saturated carbocycles. The smallest absolute Gasteiger partial charge is 0.251 e. The number of hydrogen-bond donors (Lipinski definition) is 3. The van der Waals surface area contributed by atoms with Crippen LogP contribution >= 0.6 is 0 Å². The van der Waals surface area contributed by atoms with Crippen LogP contribution in [0.1, 0.15) is 42.6 Å². The van der Waals surface area contributed by atoms with Gasteiger partial charge >= 0.3 is 0 Å².